The zero-order valence-electron chi connectivity index (χ0n) is 15.8. The molecule has 1 aliphatic heterocycles. The van der Waals surface area contributed by atoms with Crippen molar-refractivity contribution in [3.8, 4) is 0 Å². The first-order valence-corrected chi connectivity index (χ1v) is 9.05. The second-order valence-corrected chi connectivity index (χ2v) is 6.95. The Balaban J connectivity index is 2.85. The van der Waals surface area contributed by atoms with Gasteiger partial charge in [-0.05, 0) is 45.6 Å². The third-order valence-corrected chi connectivity index (χ3v) is 4.66. The van der Waals surface area contributed by atoms with E-state index in [2.05, 4.69) is 15.9 Å². The molecule has 0 bridgehead atoms. The Morgan fingerprint density at radius 3 is 2.32 bits per heavy atom. The summed E-state index contributed by atoms with van der Waals surface area (Å²) in [6.07, 6.45) is 5.90. The van der Waals surface area contributed by atoms with Gasteiger partial charge in [-0.1, -0.05) is 19.9 Å². The van der Waals surface area contributed by atoms with Crippen LogP contribution in [0.25, 0.3) is 0 Å². The van der Waals surface area contributed by atoms with Crippen molar-refractivity contribution >= 4 is 39.2 Å². The van der Waals surface area contributed by atoms with Crippen LogP contribution in [-0.2, 0) is 19.1 Å². The van der Waals surface area contributed by atoms with E-state index in [1.54, 1.807) is 12.1 Å². The number of nitro groups is 1. The fourth-order valence-electron chi connectivity index (χ4n) is 2.65. The number of methoxy groups -OCH3 is 2. The lowest BCUT2D eigenvalue weighted by Crippen LogP contribution is -2.27. The Labute approximate surface area is 170 Å². The molecule has 28 heavy (non-hydrogen) atoms. The van der Waals surface area contributed by atoms with Crippen molar-refractivity contribution in [3.05, 3.63) is 68.0 Å². The van der Waals surface area contributed by atoms with Gasteiger partial charge in [-0.3, -0.25) is 10.1 Å². The van der Waals surface area contributed by atoms with E-state index in [1.807, 2.05) is 13.8 Å². The minimum Gasteiger partial charge on any atom is -0.465 e. The Morgan fingerprint density at radius 2 is 1.79 bits per heavy atom. The molecular weight excluding hydrogens is 432 g/mol. The van der Waals surface area contributed by atoms with Gasteiger partial charge in [0.2, 0.25) is 0 Å². The molecule has 0 saturated heterocycles. The maximum absolute atomic E-state index is 12.5. The van der Waals surface area contributed by atoms with Crippen LogP contribution >= 0.6 is 15.9 Å². The molecule has 0 aromatic heterocycles. The van der Waals surface area contributed by atoms with Gasteiger partial charge in [0.25, 0.3) is 5.69 Å². The highest BCUT2D eigenvalue weighted by Gasteiger charge is 2.33. The SMILES string of the molecule is COC(=O)C1=C(C(=O)OC)N(c2c(Br)cc(C(C)C)cc2[N+](=O)[O-])C=CC=C1. The van der Waals surface area contributed by atoms with Crippen LogP contribution in [0.3, 0.4) is 0 Å². The Hall–Kier alpha value is -2.94. The maximum Gasteiger partial charge on any atom is 0.355 e. The largest absolute Gasteiger partial charge is 0.465 e. The van der Waals surface area contributed by atoms with Gasteiger partial charge in [-0.2, -0.15) is 0 Å². The van der Waals surface area contributed by atoms with Gasteiger partial charge in [-0.25, -0.2) is 9.59 Å². The summed E-state index contributed by atoms with van der Waals surface area (Å²) in [6.45, 7) is 3.83. The van der Waals surface area contributed by atoms with Crippen LogP contribution in [0.4, 0.5) is 11.4 Å². The van der Waals surface area contributed by atoms with Crippen molar-refractivity contribution in [2.45, 2.75) is 19.8 Å². The number of rotatable bonds is 5. The Kier molecular flexibility index (Phi) is 6.74. The zero-order chi connectivity index (χ0) is 21.0. The fraction of sp³-hybridized carbons (Fsp3) is 0.263. The topological polar surface area (TPSA) is 99.0 Å². The number of hydrogen-bond donors (Lipinski definition) is 0. The second kappa shape index (κ2) is 8.83. The average Bonchev–Trinajstić information content (AvgIpc) is 2.88. The van der Waals surface area contributed by atoms with Gasteiger partial charge in [0.15, 0.2) is 0 Å². The van der Waals surface area contributed by atoms with Crippen LogP contribution in [-0.4, -0.2) is 31.1 Å². The third-order valence-electron chi connectivity index (χ3n) is 4.06. The minimum atomic E-state index is -0.842. The molecule has 1 heterocycles. The van der Waals surface area contributed by atoms with E-state index in [4.69, 9.17) is 9.47 Å². The van der Waals surface area contributed by atoms with Crippen molar-refractivity contribution < 1.29 is 24.0 Å². The molecule has 8 nitrogen and oxygen atoms in total. The molecule has 9 heteroatoms. The van der Waals surface area contributed by atoms with Crippen molar-refractivity contribution in [1.82, 2.24) is 0 Å². The quantitative estimate of drug-likeness (QED) is 0.380. The zero-order valence-corrected chi connectivity index (χ0v) is 17.3. The van der Waals surface area contributed by atoms with Crippen LogP contribution < -0.4 is 4.90 Å². The molecule has 0 amide bonds. The molecule has 0 unspecified atom stereocenters. The number of esters is 2. The van der Waals surface area contributed by atoms with Crippen LogP contribution in [0.5, 0.6) is 0 Å². The van der Waals surface area contributed by atoms with Crippen LogP contribution in [0.15, 0.2) is 52.3 Å². The Bertz CT molecular complexity index is 917. The van der Waals surface area contributed by atoms with Gasteiger partial charge in [0, 0.05) is 16.7 Å². The molecular formula is C19H19BrN2O6. The lowest BCUT2D eigenvalue weighted by Gasteiger charge is -2.24. The predicted molar refractivity (Wildman–Crippen MR) is 107 cm³/mol. The molecule has 0 radical (unpaired) electrons. The lowest BCUT2D eigenvalue weighted by atomic mass is 10.0. The molecule has 1 aromatic carbocycles. The predicted octanol–water partition coefficient (Wildman–Crippen LogP) is 3.97. The van der Waals surface area contributed by atoms with Gasteiger partial charge < -0.3 is 14.4 Å². The highest BCUT2D eigenvalue weighted by atomic mass is 79.9. The number of allylic oxidation sites excluding steroid dienone is 2. The Morgan fingerprint density at radius 1 is 1.14 bits per heavy atom. The van der Waals surface area contributed by atoms with E-state index in [0.29, 0.717) is 4.47 Å². The molecule has 0 fully saturated rings. The summed E-state index contributed by atoms with van der Waals surface area (Å²) in [5, 5.41) is 11.8. The van der Waals surface area contributed by atoms with E-state index in [9.17, 15) is 19.7 Å². The summed E-state index contributed by atoms with van der Waals surface area (Å²) in [5.74, 6) is -1.57. The van der Waals surface area contributed by atoms with E-state index < -0.39 is 16.9 Å². The smallest absolute Gasteiger partial charge is 0.355 e. The van der Waals surface area contributed by atoms with Crippen molar-refractivity contribution in [3.63, 3.8) is 0 Å². The standard InChI is InChI=1S/C19H19BrN2O6/c1-11(2)12-9-14(20)17(15(10-12)22(25)26)21-8-6-5-7-13(18(23)27-3)16(21)19(24)28-4/h5-11H,1-4H3. The summed E-state index contributed by atoms with van der Waals surface area (Å²) < 4.78 is 9.97. The van der Waals surface area contributed by atoms with Gasteiger partial charge >= 0.3 is 11.9 Å². The van der Waals surface area contributed by atoms with Crippen molar-refractivity contribution in [1.29, 1.82) is 0 Å². The van der Waals surface area contributed by atoms with E-state index in [0.717, 1.165) is 12.7 Å². The number of anilines is 1. The van der Waals surface area contributed by atoms with Crippen LogP contribution in [0, 0.1) is 10.1 Å². The van der Waals surface area contributed by atoms with E-state index in [-0.39, 0.29) is 28.6 Å². The molecule has 1 aliphatic rings. The van der Waals surface area contributed by atoms with E-state index in [1.165, 1.54) is 36.4 Å². The molecule has 148 valence electrons. The first-order valence-electron chi connectivity index (χ1n) is 8.25. The number of halogens is 1. The number of nitrogens with zero attached hydrogens (tertiary/aromatic N) is 2. The average molecular weight is 451 g/mol. The summed E-state index contributed by atoms with van der Waals surface area (Å²) in [7, 11) is 2.34. The van der Waals surface area contributed by atoms with E-state index >= 15 is 0 Å². The normalized spacial score (nSPS) is 13.6. The van der Waals surface area contributed by atoms with Crippen LogP contribution in [0.1, 0.15) is 25.3 Å². The van der Waals surface area contributed by atoms with Crippen LogP contribution in [0.2, 0.25) is 0 Å². The van der Waals surface area contributed by atoms with Gasteiger partial charge in [-0.15, -0.1) is 0 Å². The molecule has 2 rings (SSSR count). The second-order valence-electron chi connectivity index (χ2n) is 6.10. The maximum atomic E-state index is 12.5. The molecule has 0 aliphatic carbocycles. The highest BCUT2D eigenvalue weighted by Crippen LogP contribution is 2.41. The first-order chi connectivity index (χ1) is 13.2. The molecule has 0 spiro atoms. The lowest BCUT2D eigenvalue weighted by molar-refractivity contribution is -0.384. The number of hydrogen-bond acceptors (Lipinski definition) is 7. The molecule has 1 aromatic rings. The monoisotopic (exact) mass is 450 g/mol. The first kappa shape index (κ1) is 21.4. The van der Waals surface area contributed by atoms with Crippen molar-refractivity contribution in [2.24, 2.45) is 0 Å². The van der Waals surface area contributed by atoms with Gasteiger partial charge in [0.05, 0.1) is 24.7 Å². The minimum absolute atomic E-state index is 0.0478. The third kappa shape index (κ3) is 4.14. The highest BCUT2D eigenvalue weighted by molar-refractivity contribution is 9.10. The van der Waals surface area contributed by atoms with Gasteiger partial charge in [0.1, 0.15) is 11.4 Å². The molecule has 0 saturated carbocycles. The number of benzene rings is 1. The number of carbonyl (C=O) groups excluding carboxylic acids is 2. The fourth-order valence-corrected chi connectivity index (χ4v) is 3.31. The molecule has 0 atom stereocenters. The summed E-state index contributed by atoms with van der Waals surface area (Å²) in [6, 6.07) is 3.19. The number of ether oxygens (including phenoxy) is 2. The number of nitro benzene ring substituents is 1. The van der Waals surface area contributed by atoms with Crippen molar-refractivity contribution in [2.75, 3.05) is 19.1 Å². The summed E-state index contributed by atoms with van der Waals surface area (Å²) >= 11 is 3.38. The molecule has 0 N–H and O–H groups in total. The number of carbonyl (C=O) groups is 2. The summed E-state index contributed by atoms with van der Waals surface area (Å²) in [4.78, 5) is 37.3. The summed E-state index contributed by atoms with van der Waals surface area (Å²) in [5.41, 5.74) is 0.330.